The van der Waals surface area contributed by atoms with Crippen molar-refractivity contribution in [2.75, 3.05) is 32.8 Å². The highest BCUT2D eigenvalue weighted by Gasteiger charge is 2.18. The number of hydrogen-bond donors (Lipinski definition) is 4. The third kappa shape index (κ3) is 71.1. The molecule has 0 heterocycles. The summed E-state index contributed by atoms with van der Waals surface area (Å²) in [5, 5.41) is 35.1. The lowest BCUT2D eigenvalue weighted by Gasteiger charge is -2.22. The Labute approximate surface area is 346 Å². The molecule has 0 saturated carbocycles. The van der Waals surface area contributed by atoms with Crippen molar-refractivity contribution in [1.82, 2.24) is 15.1 Å². The highest BCUT2D eigenvalue weighted by Crippen LogP contribution is 1.96. The van der Waals surface area contributed by atoms with Crippen LogP contribution in [0.15, 0.2) is 0 Å². The molecule has 0 aliphatic carbocycles. The third-order valence-corrected chi connectivity index (χ3v) is 4.96. The maximum atomic E-state index is 11.1. The first-order valence-electron chi connectivity index (χ1n) is 16.4. The van der Waals surface area contributed by atoms with E-state index in [0.717, 1.165) is 16.2 Å². The van der Waals surface area contributed by atoms with Gasteiger partial charge < -0.3 is 24.6 Å². The van der Waals surface area contributed by atoms with Crippen LogP contribution in [0.1, 0.15) is 131 Å². The van der Waals surface area contributed by atoms with Crippen LogP contribution in [-0.4, -0.2) is 123 Å². The Hall–Kier alpha value is -5.11. The summed E-state index contributed by atoms with van der Waals surface area (Å²) in [6.45, 7) is 17.0. The van der Waals surface area contributed by atoms with E-state index in [1.165, 1.54) is 48.5 Å². The molecule has 0 aromatic carbocycles. The highest BCUT2D eigenvalue weighted by atomic mass is 17.8. The SMILES string of the molecule is C.C.C.CC(=O)CC(=O)OO.CC(=O)CCCNC(C)=O.CC(=O)N(CCN(C(C)=O)C(C)=O)C(C)=O.CCC(=O)OO.CCOC(=O)CC(C)=O.CCOOOOO. The van der Waals surface area contributed by atoms with Crippen LogP contribution in [0.25, 0.3) is 0 Å². The van der Waals surface area contributed by atoms with Gasteiger partial charge in [-0.1, -0.05) is 29.2 Å². The number of carbonyl (C=O) groups is 11. The van der Waals surface area contributed by atoms with Gasteiger partial charge >= 0.3 is 17.9 Å². The largest absolute Gasteiger partial charge is 0.466 e. The van der Waals surface area contributed by atoms with E-state index in [-0.39, 0.29) is 77.9 Å². The molecular weight excluding hydrogens is 798 g/mol. The van der Waals surface area contributed by atoms with Gasteiger partial charge in [-0.05, 0) is 56.2 Å². The Morgan fingerprint density at radius 2 is 0.915 bits per heavy atom. The molecule has 0 fully saturated rings. The Bertz CT molecular complexity index is 1110. The number of imide groups is 2. The summed E-state index contributed by atoms with van der Waals surface area (Å²) >= 11 is 0. The van der Waals surface area contributed by atoms with Crippen molar-refractivity contribution in [3.63, 3.8) is 0 Å². The van der Waals surface area contributed by atoms with E-state index in [2.05, 4.69) is 39.8 Å². The average Bonchev–Trinajstić information content (AvgIpc) is 3.08. The summed E-state index contributed by atoms with van der Waals surface area (Å²) in [6, 6.07) is 0. The van der Waals surface area contributed by atoms with Gasteiger partial charge in [-0.2, -0.15) is 10.5 Å². The lowest BCUT2D eigenvalue weighted by molar-refractivity contribution is -0.701. The lowest BCUT2D eigenvalue weighted by Crippen LogP contribution is -2.43. The molecule has 0 saturated heterocycles. The predicted molar refractivity (Wildman–Crippen MR) is 207 cm³/mol. The molecule has 0 atom stereocenters. The van der Waals surface area contributed by atoms with E-state index < -0.39 is 41.5 Å². The molecule has 4 N–H and O–H groups in total. The smallest absolute Gasteiger partial charge is 0.349 e. The van der Waals surface area contributed by atoms with Gasteiger partial charge in [-0.15, -0.1) is 0 Å². The van der Waals surface area contributed by atoms with Gasteiger partial charge in [-0.3, -0.25) is 48.2 Å². The summed E-state index contributed by atoms with van der Waals surface area (Å²) in [5.41, 5.74) is 0. The number of nitrogens with zero attached hydrogens (tertiary/aromatic N) is 2. The van der Waals surface area contributed by atoms with Crippen LogP contribution in [0.5, 0.6) is 0 Å². The van der Waals surface area contributed by atoms with Crippen molar-refractivity contribution < 1.29 is 103 Å². The van der Waals surface area contributed by atoms with Crippen LogP contribution in [0.4, 0.5) is 0 Å². The molecule has 0 aliphatic heterocycles. The second-order valence-corrected chi connectivity index (χ2v) is 10.1. The molecular formula is C35H69N3O21. The van der Waals surface area contributed by atoms with Crippen molar-refractivity contribution in [2.45, 2.75) is 131 Å². The van der Waals surface area contributed by atoms with Crippen LogP contribution in [0.2, 0.25) is 0 Å². The number of hydrogen-bond acceptors (Lipinski definition) is 21. The number of amides is 5. The zero-order valence-corrected chi connectivity index (χ0v) is 33.7. The number of ether oxygens (including phenoxy) is 1. The maximum Gasteiger partial charge on any atom is 0.349 e. The van der Waals surface area contributed by atoms with Crippen LogP contribution in [0.3, 0.4) is 0 Å². The second kappa shape index (κ2) is 52.9. The molecule has 24 nitrogen and oxygen atoms in total. The average molecular weight is 868 g/mol. The predicted octanol–water partition coefficient (Wildman–Crippen LogP) is 3.39. The van der Waals surface area contributed by atoms with Crippen LogP contribution < -0.4 is 5.32 Å². The van der Waals surface area contributed by atoms with Crippen molar-refractivity contribution in [2.24, 2.45) is 0 Å². The normalized spacial score (nSPS) is 8.44. The van der Waals surface area contributed by atoms with Crippen LogP contribution >= 0.6 is 0 Å². The number of carbonyl (C=O) groups excluding carboxylic acids is 11. The molecule has 0 aromatic heterocycles. The standard InChI is InChI=1S/C10H16N2O4.C7H13NO2.C6H10O3.C4H6O4.C3H6O3.C2H6O5.3CH4/c1-7(13)11(8(2)14)5-6-12(9(3)15)10(4)16;1-6(9)4-3-5-8-7(2)10;1-3-9-6(8)4-5(2)7;1-3(5)2-4(6)8-7;1-2-3(4)6-5;1-2-4-6-7-5-3;;;/h5-6H2,1-4H3;3-5H2,1-2H3,(H,8,10);3-4H2,1-2H3;7H,2H2,1H3;5H,2H2,1H3;3H,2H2,1H3;3*1H4. The maximum absolute atomic E-state index is 11.1. The molecule has 0 bridgehead atoms. The molecule has 59 heavy (non-hydrogen) atoms. The molecule has 0 aliphatic rings. The molecule has 24 heteroatoms. The van der Waals surface area contributed by atoms with E-state index in [0.29, 0.717) is 26.2 Å². The summed E-state index contributed by atoms with van der Waals surface area (Å²) in [4.78, 5) is 128. The van der Waals surface area contributed by atoms with Crippen LogP contribution in [0, 0.1) is 0 Å². The number of rotatable bonds is 17. The Morgan fingerprint density at radius 1 is 0.525 bits per heavy atom. The first-order valence-corrected chi connectivity index (χ1v) is 16.4. The first-order chi connectivity index (χ1) is 25.9. The quantitative estimate of drug-likeness (QED) is 0.0406. The van der Waals surface area contributed by atoms with Gasteiger partial charge in [0.15, 0.2) is 0 Å². The zero-order chi connectivity index (χ0) is 45.2. The monoisotopic (exact) mass is 867 g/mol. The number of esters is 1. The molecule has 5 amide bonds. The van der Waals surface area contributed by atoms with Crippen molar-refractivity contribution in [3.05, 3.63) is 0 Å². The first kappa shape index (κ1) is 74.8. The van der Waals surface area contributed by atoms with E-state index in [4.69, 9.17) is 15.8 Å². The number of ketones is 3. The van der Waals surface area contributed by atoms with E-state index >= 15 is 0 Å². The molecule has 0 aromatic rings. The third-order valence-electron chi connectivity index (χ3n) is 4.96. The molecule has 0 radical (unpaired) electrons. The molecule has 0 unspecified atom stereocenters. The minimum absolute atomic E-state index is 0. The van der Waals surface area contributed by atoms with Gasteiger partial charge in [0.2, 0.25) is 29.5 Å². The topological polar surface area (TPSA) is 332 Å². The summed E-state index contributed by atoms with van der Waals surface area (Å²) < 4.78 is 4.49. The van der Waals surface area contributed by atoms with E-state index in [1.807, 2.05) is 0 Å². The Balaban J connectivity index is -0.0000000742. The summed E-state index contributed by atoms with van der Waals surface area (Å²) in [6.07, 6.45) is 1.05. The van der Waals surface area contributed by atoms with Gasteiger partial charge in [0, 0.05) is 67.1 Å². The van der Waals surface area contributed by atoms with Gasteiger partial charge in [0.25, 0.3) is 0 Å². The second-order valence-electron chi connectivity index (χ2n) is 10.1. The Kier molecular flexibility index (Phi) is 67.1. The van der Waals surface area contributed by atoms with E-state index in [1.54, 1.807) is 27.7 Å². The van der Waals surface area contributed by atoms with Crippen molar-refractivity contribution >= 4 is 64.8 Å². The summed E-state index contributed by atoms with van der Waals surface area (Å²) in [5.74, 6) is -3.93. The highest BCUT2D eigenvalue weighted by molar-refractivity contribution is 5.95. The van der Waals surface area contributed by atoms with Crippen molar-refractivity contribution in [1.29, 1.82) is 0 Å². The van der Waals surface area contributed by atoms with Gasteiger partial charge in [0.05, 0.1) is 13.2 Å². The fourth-order valence-electron chi connectivity index (χ4n) is 2.67. The molecule has 0 spiro atoms. The minimum atomic E-state index is -0.919. The lowest BCUT2D eigenvalue weighted by atomic mass is 10.2. The fraction of sp³-hybridized carbons (Fsp3) is 0.686. The Morgan fingerprint density at radius 3 is 1.14 bits per heavy atom. The number of Topliss-reactive ketones (excluding diaryl/α,β-unsaturated/α-hetero) is 3. The van der Waals surface area contributed by atoms with E-state index in [9.17, 15) is 52.7 Å². The molecule has 0 rings (SSSR count). The summed E-state index contributed by atoms with van der Waals surface area (Å²) in [7, 11) is 0. The molecule has 350 valence electrons. The van der Waals surface area contributed by atoms with Crippen LogP contribution in [-0.2, 0) is 87.3 Å². The van der Waals surface area contributed by atoms with Gasteiger partial charge in [-0.25, -0.2) is 19.7 Å². The number of nitrogens with one attached hydrogen (secondary N) is 1. The van der Waals surface area contributed by atoms with Crippen molar-refractivity contribution in [3.8, 4) is 0 Å². The fourth-order valence-corrected chi connectivity index (χ4v) is 2.67. The van der Waals surface area contributed by atoms with Gasteiger partial charge in [0.1, 0.15) is 30.2 Å². The zero-order valence-electron chi connectivity index (χ0n) is 33.7. The minimum Gasteiger partial charge on any atom is -0.466 e.